The van der Waals surface area contributed by atoms with Crippen LogP contribution in [0.25, 0.3) is 0 Å². The van der Waals surface area contributed by atoms with Gasteiger partial charge in [0.2, 0.25) is 6.79 Å². The molecule has 0 aromatic heterocycles. The summed E-state index contributed by atoms with van der Waals surface area (Å²) >= 11 is 0. The average Bonchev–Trinajstić information content (AvgIpc) is 3.00. The number of hydrogen-bond acceptors (Lipinski definition) is 3. The van der Waals surface area contributed by atoms with E-state index in [-0.39, 0.29) is 12.9 Å². The molecule has 0 bridgehead atoms. The van der Waals surface area contributed by atoms with Gasteiger partial charge in [-0.25, -0.2) is 0 Å². The molecule has 1 aliphatic heterocycles. The number of fused-ring (bicyclic) bond motifs is 1. The van der Waals surface area contributed by atoms with Crippen molar-refractivity contribution in [2.45, 2.75) is 13.0 Å². The molecule has 2 aromatic rings. The van der Waals surface area contributed by atoms with E-state index < -0.39 is 0 Å². The van der Waals surface area contributed by atoms with E-state index in [2.05, 4.69) is 24.0 Å². The van der Waals surface area contributed by atoms with E-state index in [1.165, 1.54) is 0 Å². The van der Waals surface area contributed by atoms with Gasteiger partial charge in [0.1, 0.15) is 12.7 Å². The quantitative estimate of drug-likeness (QED) is 0.802. The molecule has 1 atom stereocenters. The minimum Gasteiger partial charge on any atom is -0.454 e. The highest BCUT2D eigenvalue weighted by Gasteiger charge is 2.19. The maximum atomic E-state index is 5.94. The number of benzene rings is 2. The molecule has 0 spiro atoms. The summed E-state index contributed by atoms with van der Waals surface area (Å²) in [7, 11) is 0. The third-order valence-electron chi connectivity index (χ3n) is 3.30. The van der Waals surface area contributed by atoms with Crippen molar-refractivity contribution in [3.8, 4) is 23.3 Å². The van der Waals surface area contributed by atoms with Gasteiger partial charge >= 0.3 is 0 Å². The molecule has 3 rings (SSSR count). The molecule has 2 aromatic carbocycles. The molecule has 0 radical (unpaired) electrons. The van der Waals surface area contributed by atoms with Gasteiger partial charge < -0.3 is 14.2 Å². The van der Waals surface area contributed by atoms with Crippen molar-refractivity contribution < 1.29 is 14.2 Å². The van der Waals surface area contributed by atoms with Crippen molar-refractivity contribution in [1.29, 1.82) is 0 Å². The molecule has 0 aliphatic carbocycles. The van der Waals surface area contributed by atoms with Crippen LogP contribution in [0.5, 0.6) is 11.5 Å². The first-order valence-electron chi connectivity index (χ1n) is 6.84. The smallest absolute Gasteiger partial charge is 0.231 e. The van der Waals surface area contributed by atoms with Gasteiger partial charge in [-0.15, -0.1) is 5.92 Å². The molecule has 0 saturated heterocycles. The van der Waals surface area contributed by atoms with Crippen molar-refractivity contribution in [1.82, 2.24) is 0 Å². The zero-order valence-electron chi connectivity index (χ0n) is 11.8. The van der Waals surface area contributed by atoms with Crippen molar-refractivity contribution in [2.24, 2.45) is 0 Å². The molecule has 1 heterocycles. The van der Waals surface area contributed by atoms with Crippen LogP contribution in [-0.4, -0.2) is 13.4 Å². The van der Waals surface area contributed by atoms with E-state index in [0.717, 1.165) is 22.6 Å². The lowest BCUT2D eigenvalue weighted by Crippen LogP contribution is -2.06. The lowest BCUT2D eigenvalue weighted by molar-refractivity contribution is 0.108. The highest BCUT2D eigenvalue weighted by molar-refractivity contribution is 5.46. The predicted octanol–water partition coefficient (Wildman–Crippen LogP) is 3.54. The maximum Gasteiger partial charge on any atom is 0.231 e. The van der Waals surface area contributed by atoms with Crippen LogP contribution in [0.4, 0.5) is 0 Å². The summed E-state index contributed by atoms with van der Waals surface area (Å²) in [6.45, 7) is 2.48. The Labute approximate surface area is 124 Å². The zero-order valence-corrected chi connectivity index (χ0v) is 11.8. The van der Waals surface area contributed by atoms with Crippen LogP contribution in [0.3, 0.4) is 0 Å². The van der Waals surface area contributed by atoms with Gasteiger partial charge in [-0.1, -0.05) is 42.3 Å². The van der Waals surface area contributed by atoms with Gasteiger partial charge in [0.15, 0.2) is 11.5 Å². The summed E-state index contributed by atoms with van der Waals surface area (Å²) in [6.07, 6.45) is -0.165. The van der Waals surface area contributed by atoms with E-state index in [4.69, 9.17) is 14.2 Å². The molecular formula is C18H16O3. The molecule has 3 nitrogen and oxygen atoms in total. The zero-order chi connectivity index (χ0) is 14.5. The van der Waals surface area contributed by atoms with E-state index in [0.29, 0.717) is 6.61 Å². The van der Waals surface area contributed by atoms with Crippen LogP contribution in [0.1, 0.15) is 24.2 Å². The van der Waals surface area contributed by atoms with E-state index in [1.54, 1.807) is 0 Å². The van der Waals surface area contributed by atoms with Gasteiger partial charge in [-0.3, -0.25) is 0 Å². The summed E-state index contributed by atoms with van der Waals surface area (Å²) in [4.78, 5) is 0. The Kier molecular flexibility index (Phi) is 4.09. The first-order valence-corrected chi connectivity index (χ1v) is 6.84. The van der Waals surface area contributed by atoms with E-state index >= 15 is 0 Å². The number of ether oxygens (including phenoxy) is 3. The molecule has 3 heteroatoms. The lowest BCUT2D eigenvalue weighted by Gasteiger charge is -2.18. The Bertz CT molecular complexity index is 668. The molecule has 0 amide bonds. The topological polar surface area (TPSA) is 27.7 Å². The second-order valence-corrected chi connectivity index (χ2v) is 4.64. The van der Waals surface area contributed by atoms with Gasteiger partial charge in [-0.2, -0.15) is 0 Å². The number of rotatable bonds is 4. The van der Waals surface area contributed by atoms with Crippen LogP contribution < -0.4 is 9.47 Å². The molecule has 106 valence electrons. The van der Waals surface area contributed by atoms with Crippen LogP contribution >= 0.6 is 0 Å². The SMILES string of the molecule is CC#CCOC(c1ccccc1)c1ccc2c(c1)OCO2. The third-order valence-corrected chi connectivity index (χ3v) is 3.30. The third kappa shape index (κ3) is 3.01. The summed E-state index contributed by atoms with van der Waals surface area (Å²) in [5.41, 5.74) is 2.12. The lowest BCUT2D eigenvalue weighted by atomic mass is 10.0. The summed E-state index contributed by atoms with van der Waals surface area (Å²) in [5.74, 6) is 7.33. The second kappa shape index (κ2) is 6.34. The number of hydrogen-bond donors (Lipinski definition) is 0. The standard InChI is InChI=1S/C18H16O3/c1-2-3-11-19-18(14-7-5-4-6-8-14)15-9-10-16-17(12-15)21-13-20-16/h4-10,12,18H,11,13H2,1H3. The first-order chi connectivity index (χ1) is 10.4. The van der Waals surface area contributed by atoms with Gasteiger partial charge in [0.05, 0.1) is 0 Å². The van der Waals surface area contributed by atoms with Gasteiger partial charge in [0, 0.05) is 0 Å². The van der Waals surface area contributed by atoms with Crippen molar-refractivity contribution >= 4 is 0 Å². The Morgan fingerprint density at radius 1 is 1.05 bits per heavy atom. The Morgan fingerprint density at radius 2 is 1.86 bits per heavy atom. The minimum atomic E-state index is -0.165. The summed E-state index contributed by atoms with van der Waals surface area (Å²) in [6, 6.07) is 16.0. The fraction of sp³-hybridized carbons (Fsp3) is 0.222. The van der Waals surface area contributed by atoms with Crippen LogP contribution in [0.2, 0.25) is 0 Å². The molecule has 0 N–H and O–H groups in total. The molecule has 0 saturated carbocycles. The molecule has 21 heavy (non-hydrogen) atoms. The Balaban J connectivity index is 1.92. The Hall–Kier alpha value is -2.44. The van der Waals surface area contributed by atoms with Crippen LogP contribution in [0.15, 0.2) is 48.5 Å². The van der Waals surface area contributed by atoms with E-state index in [9.17, 15) is 0 Å². The predicted molar refractivity (Wildman–Crippen MR) is 80.3 cm³/mol. The van der Waals surface area contributed by atoms with Gasteiger partial charge in [0.25, 0.3) is 0 Å². The Morgan fingerprint density at radius 3 is 2.67 bits per heavy atom. The minimum absolute atomic E-state index is 0.165. The summed E-state index contributed by atoms with van der Waals surface area (Å²) in [5, 5.41) is 0. The van der Waals surface area contributed by atoms with Crippen molar-refractivity contribution in [3.05, 3.63) is 59.7 Å². The van der Waals surface area contributed by atoms with Crippen LogP contribution in [0, 0.1) is 11.8 Å². The fourth-order valence-corrected chi connectivity index (χ4v) is 2.29. The molecule has 1 aliphatic rings. The van der Waals surface area contributed by atoms with E-state index in [1.807, 2.05) is 43.3 Å². The maximum absolute atomic E-state index is 5.94. The highest BCUT2D eigenvalue weighted by Crippen LogP contribution is 2.36. The monoisotopic (exact) mass is 280 g/mol. The molecular weight excluding hydrogens is 264 g/mol. The van der Waals surface area contributed by atoms with Crippen molar-refractivity contribution in [3.63, 3.8) is 0 Å². The van der Waals surface area contributed by atoms with Gasteiger partial charge in [-0.05, 0) is 30.2 Å². The largest absolute Gasteiger partial charge is 0.454 e. The second-order valence-electron chi connectivity index (χ2n) is 4.64. The van der Waals surface area contributed by atoms with Crippen molar-refractivity contribution in [2.75, 3.05) is 13.4 Å². The normalized spacial score (nSPS) is 13.4. The average molecular weight is 280 g/mol. The highest BCUT2D eigenvalue weighted by atomic mass is 16.7. The molecule has 0 fully saturated rings. The first kappa shape index (κ1) is 13.5. The summed E-state index contributed by atoms with van der Waals surface area (Å²) < 4.78 is 16.7. The molecule has 1 unspecified atom stereocenters. The fourth-order valence-electron chi connectivity index (χ4n) is 2.29. The van der Waals surface area contributed by atoms with Crippen LogP contribution in [-0.2, 0) is 4.74 Å².